The van der Waals surface area contributed by atoms with Crippen molar-refractivity contribution in [3.05, 3.63) is 35.4 Å². The van der Waals surface area contributed by atoms with E-state index >= 15 is 0 Å². The van der Waals surface area contributed by atoms with E-state index in [1.54, 1.807) is 0 Å². The van der Waals surface area contributed by atoms with Crippen molar-refractivity contribution in [1.29, 1.82) is 0 Å². The number of nitrogens with zero attached hydrogens (tertiary/aromatic N) is 3. The summed E-state index contributed by atoms with van der Waals surface area (Å²) in [6, 6.07) is 8.16. The summed E-state index contributed by atoms with van der Waals surface area (Å²) in [6.07, 6.45) is 1.64. The molecule has 0 atom stereocenters. The van der Waals surface area contributed by atoms with Crippen LogP contribution in [-0.4, -0.2) is 41.3 Å². The fraction of sp³-hybridized carbons (Fsp3) is 0.529. The van der Waals surface area contributed by atoms with Gasteiger partial charge in [0, 0.05) is 32.6 Å². The average Bonchev–Trinajstić information content (AvgIpc) is 2.93. The first-order valence-electron chi connectivity index (χ1n) is 8.05. The van der Waals surface area contributed by atoms with E-state index in [0.29, 0.717) is 25.5 Å². The predicted octanol–water partition coefficient (Wildman–Crippen LogP) is 1.97. The lowest BCUT2D eigenvalue weighted by Crippen LogP contribution is -2.37. The van der Waals surface area contributed by atoms with E-state index in [1.807, 2.05) is 21.9 Å². The number of hydrogen-bond donors (Lipinski definition) is 1. The molecule has 0 saturated carbocycles. The van der Waals surface area contributed by atoms with Crippen LogP contribution in [0.15, 0.2) is 29.3 Å². The molecule has 1 aliphatic heterocycles. The zero-order chi connectivity index (χ0) is 15.9. The van der Waals surface area contributed by atoms with Gasteiger partial charge in [0.2, 0.25) is 5.91 Å². The molecular formula is C17H26N4O. The smallest absolute Gasteiger partial charge is 0.222 e. The summed E-state index contributed by atoms with van der Waals surface area (Å²) in [5.74, 6) is 0.831. The number of amides is 1. The van der Waals surface area contributed by atoms with Crippen LogP contribution in [0.5, 0.6) is 0 Å². The van der Waals surface area contributed by atoms with Crippen molar-refractivity contribution in [2.45, 2.75) is 39.8 Å². The molecule has 2 N–H and O–H groups in total. The lowest BCUT2D eigenvalue weighted by molar-refractivity contribution is -0.128. The van der Waals surface area contributed by atoms with Crippen molar-refractivity contribution in [2.75, 3.05) is 19.6 Å². The Balaban J connectivity index is 2.08. The van der Waals surface area contributed by atoms with Crippen molar-refractivity contribution in [3.63, 3.8) is 0 Å². The summed E-state index contributed by atoms with van der Waals surface area (Å²) in [7, 11) is 0. The maximum atomic E-state index is 11.8. The van der Waals surface area contributed by atoms with Crippen LogP contribution in [0.4, 0.5) is 0 Å². The molecule has 1 fully saturated rings. The third-order valence-corrected chi connectivity index (χ3v) is 4.15. The standard InChI is InChI=1S/C17H26N4O/c1-3-20(4-2)17(18)19-12-14-8-5-6-9-15(14)13-21-11-7-10-16(21)22/h5-6,8-9H,3-4,7,10-13H2,1-2H3,(H2,18,19). The molecule has 1 aromatic carbocycles. The molecule has 0 radical (unpaired) electrons. The fourth-order valence-corrected chi connectivity index (χ4v) is 2.76. The Hall–Kier alpha value is -2.04. The molecule has 22 heavy (non-hydrogen) atoms. The summed E-state index contributed by atoms with van der Waals surface area (Å²) in [5, 5.41) is 0. The fourth-order valence-electron chi connectivity index (χ4n) is 2.76. The molecule has 2 rings (SSSR count). The normalized spacial score (nSPS) is 15.5. The van der Waals surface area contributed by atoms with Crippen molar-refractivity contribution in [1.82, 2.24) is 9.80 Å². The molecule has 0 aliphatic carbocycles. The minimum Gasteiger partial charge on any atom is -0.370 e. The SMILES string of the molecule is CCN(CC)C(N)=NCc1ccccc1CN1CCCC1=O. The summed E-state index contributed by atoms with van der Waals surface area (Å²) >= 11 is 0. The summed E-state index contributed by atoms with van der Waals surface area (Å²) in [5.41, 5.74) is 8.33. The van der Waals surface area contributed by atoms with Gasteiger partial charge in [-0.2, -0.15) is 0 Å². The molecule has 0 bridgehead atoms. The van der Waals surface area contributed by atoms with Gasteiger partial charge in [0.1, 0.15) is 0 Å². The molecule has 0 spiro atoms. The Labute approximate surface area is 132 Å². The lowest BCUT2D eigenvalue weighted by Gasteiger charge is -2.20. The van der Waals surface area contributed by atoms with Crippen LogP contribution in [0.25, 0.3) is 0 Å². The monoisotopic (exact) mass is 302 g/mol. The highest BCUT2D eigenvalue weighted by molar-refractivity contribution is 5.78. The van der Waals surface area contributed by atoms with Crippen molar-refractivity contribution >= 4 is 11.9 Å². The molecule has 0 aromatic heterocycles. The molecule has 120 valence electrons. The van der Waals surface area contributed by atoms with Gasteiger partial charge in [-0.15, -0.1) is 0 Å². The Morgan fingerprint density at radius 1 is 1.27 bits per heavy atom. The number of nitrogens with two attached hydrogens (primary N) is 1. The zero-order valence-electron chi connectivity index (χ0n) is 13.6. The van der Waals surface area contributed by atoms with Gasteiger partial charge in [-0.1, -0.05) is 24.3 Å². The van der Waals surface area contributed by atoms with Crippen molar-refractivity contribution in [3.8, 4) is 0 Å². The largest absolute Gasteiger partial charge is 0.370 e. The van der Waals surface area contributed by atoms with Crippen LogP contribution < -0.4 is 5.73 Å². The molecular weight excluding hydrogens is 276 g/mol. The van der Waals surface area contributed by atoms with E-state index in [2.05, 4.69) is 31.0 Å². The topological polar surface area (TPSA) is 61.9 Å². The van der Waals surface area contributed by atoms with E-state index in [1.165, 1.54) is 0 Å². The Morgan fingerprint density at radius 2 is 1.95 bits per heavy atom. The number of aliphatic imine (C=N–C) groups is 1. The van der Waals surface area contributed by atoms with Gasteiger partial charge in [0.25, 0.3) is 0 Å². The summed E-state index contributed by atoms with van der Waals surface area (Å²) in [6.45, 7) is 7.94. The number of guanidine groups is 1. The molecule has 1 aromatic rings. The lowest BCUT2D eigenvalue weighted by atomic mass is 10.1. The molecule has 5 nitrogen and oxygen atoms in total. The van der Waals surface area contributed by atoms with Crippen LogP contribution in [0.2, 0.25) is 0 Å². The van der Waals surface area contributed by atoms with E-state index in [9.17, 15) is 4.79 Å². The van der Waals surface area contributed by atoms with E-state index in [0.717, 1.165) is 37.2 Å². The van der Waals surface area contributed by atoms with E-state index in [4.69, 9.17) is 5.73 Å². The summed E-state index contributed by atoms with van der Waals surface area (Å²) in [4.78, 5) is 20.3. The highest BCUT2D eigenvalue weighted by Crippen LogP contribution is 2.17. The van der Waals surface area contributed by atoms with Crippen LogP contribution in [0, 0.1) is 0 Å². The minimum atomic E-state index is 0.251. The van der Waals surface area contributed by atoms with Crippen molar-refractivity contribution in [2.24, 2.45) is 10.7 Å². The Bertz CT molecular complexity index is 537. The van der Waals surface area contributed by atoms with E-state index < -0.39 is 0 Å². The van der Waals surface area contributed by atoms with Gasteiger partial charge in [-0.3, -0.25) is 4.79 Å². The third kappa shape index (κ3) is 4.00. The number of carbonyl (C=O) groups is 1. The van der Waals surface area contributed by atoms with Crippen LogP contribution in [-0.2, 0) is 17.9 Å². The number of rotatable bonds is 6. The van der Waals surface area contributed by atoms with E-state index in [-0.39, 0.29) is 5.91 Å². The van der Waals surface area contributed by atoms with Gasteiger partial charge < -0.3 is 15.5 Å². The first-order valence-corrected chi connectivity index (χ1v) is 8.05. The molecule has 1 saturated heterocycles. The maximum Gasteiger partial charge on any atom is 0.222 e. The molecule has 0 unspecified atom stereocenters. The first-order chi connectivity index (χ1) is 10.7. The van der Waals surface area contributed by atoms with Crippen LogP contribution in [0.1, 0.15) is 37.8 Å². The van der Waals surface area contributed by atoms with Gasteiger partial charge in [0.15, 0.2) is 5.96 Å². The molecule has 5 heteroatoms. The quantitative estimate of drug-likeness (QED) is 0.645. The predicted molar refractivity (Wildman–Crippen MR) is 89.3 cm³/mol. The summed E-state index contributed by atoms with van der Waals surface area (Å²) < 4.78 is 0. The second kappa shape index (κ2) is 7.82. The number of carbonyl (C=O) groups excluding carboxylic acids is 1. The molecule has 1 amide bonds. The van der Waals surface area contributed by atoms with Gasteiger partial charge in [-0.05, 0) is 31.4 Å². The minimum absolute atomic E-state index is 0.251. The maximum absolute atomic E-state index is 11.8. The van der Waals surface area contributed by atoms with Crippen LogP contribution >= 0.6 is 0 Å². The van der Waals surface area contributed by atoms with Crippen LogP contribution in [0.3, 0.4) is 0 Å². The highest BCUT2D eigenvalue weighted by Gasteiger charge is 2.20. The van der Waals surface area contributed by atoms with Crippen molar-refractivity contribution < 1.29 is 4.79 Å². The zero-order valence-corrected chi connectivity index (χ0v) is 13.6. The Morgan fingerprint density at radius 3 is 2.55 bits per heavy atom. The number of benzene rings is 1. The van der Waals surface area contributed by atoms with Gasteiger partial charge >= 0.3 is 0 Å². The number of likely N-dealkylation sites (tertiary alicyclic amines) is 1. The average molecular weight is 302 g/mol. The second-order valence-corrected chi connectivity index (χ2v) is 5.53. The molecule has 1 heterocycles. The van der Waals surface area contributed by atoms with Gasteiger partial charge in [-0.25, -0.2) is 4.99 Å². The highest BCUT2D eigenvalue weighted by atomic mass is 16.2. The number of hydrogen-bond acceptors (Lipinski definition) is 2. The third-order valence-electron chi connectivity index (χ3n) is 4.15. The Kier molecular flexibility index (Phi) is 5.81. The van der Waals surface area contributed by atoms with Gasteiger partial charge in [0.05, 0.1) is 6.54 Å². The second-order valence-electron chi connectivity index (χ2n) is 5.53. The first kappa shape index (κ1) is 16.3. The molecule has 1 aliphatic rings.